The number of amides is 1. The van der Waals surface area contributed by atoms with E-state index in [1.165, 1.54) is 25.3 Å². The maximum absolute atomic E-state index is 13.5. The molecule has 0 aliphatic rings. The molecule has 0 radical (unpaired) electrons. The van der Waals surface area contributed by atoms with Gasteiger partial charge in [-0.15, -0.1) is 0 Å². The van der Waals surface area contributed by atoms with E-state index >= 15 is 0 Å². The fraction of sp³-hybridized carbons (Fsp3) is 0.222. The van der Waals surface area contributed by atoms with E-state index in [0.29, 0.717) is 0 Å². The van der Waals surface area contributed by atoms with E-state index in [-0.39, 0.29) is 23.8 Å². The summed E-state index contributed by atoms with van der Waals surface area (Å²) < 4.78 is 28.7. The second-order valence-electron chi connectivity index (χ2n) is 5.31. The maximum atomic E-state index is 13.5. The summed E-state index contributed by atoms with van der Waals surface area (Å²) in [5.74, 6) is -2.39. The molecule has 0 aromatic heterocycles. The molecule has 0 spiro atoms. The molecular weight excluding hydrogens is 375 g/mol. The van der Waals surface area contributed by atoms with Crippen LogP contribution in [-0.4, -0.2) is 37.1 Å². The van der Waals surface area contributed by atoms with Gasteiger partial charge >= 0.3 is 5.97 Å². The Bertz CT molecular complexity index is 901. The van der Waals surface area contributed by atoms with E-state index in [4.69, 9.17) is 14.2 Å². The predicted octanol–water partition coefficient (Wildman–Crippen LogP) is 2.94. The molecule has 0 heterocycles. The first-order valence-corrected chi connectivity index (χ1v) is 8.08. The highest BCUT2D eigenvalue weighted by atomic mass is 19.1. The number of benzene rings is 2. The average molecular weight is 392 g/mol. The van der Waals surface area contributed by atoms with Crippen LogP contribution in [0.25, 0.3) is 0 Å². The number of hydrogen-bond donors (Lipinski definition) is 1. The van der Waals surface area contributed by atoms with Crippen LogP contribution in [-0.2, 0) is 9.53 Å². The minimum Gasteiger partial charge on any atom is -0.493 e. The van der Waals surface area contributed by atoms with Gasteiger partial charge in [0.15, 0.2) is 18.1 Å². The standard InChI is InChI=1S/C18H17FN2O7/c1-3-27-16-8-11(14(21(24)25)9-15(16)26-2)18(23)28-10-17(22)20-13-7-5-4-6-12(13)19/h4-9H,3,10H2,1-2H3,(H,20,22). The van der Waals surface area contributed by atoms with Crippen molar-refractivity contribution < 1.29 is 33.1 Å². The van der Waals surface area contributed by atoms with Gasteiger partial charge < -0.3 is 19.5 Å². The number of nitro benzene ring substituents is 1. The molecule has 0 saturated heterocycles. The first-order valence-electron chi connectivity index (χ1n) is 8.08. The highest BCUT2D eigenvalue weighted by Crippen LogP contribution is 2.35. The van der Waals surface area contributed by atoms with Crippen molar-refractivity contribution in [3.05, 3.63) is 57.9 Å². The van der Waals surface area contributed by atoms with Crippen molar-refractivity contribution in [2.45, 2.75) is 6.92 Å². The van der Waals surface area contributed by atoms with Crippen LogP contribution >= 0.6 is 0 Å². The van der Waals surface area contributed by atoms with Gasteiger partial charge in [0.1, 0.15) is 11.4 Å². The SMILES string of the molecule is CCOc1cc(C(=O)OCC(=O)Nc2ccccc2F)c([N+](=O)[O-])cc1OC. The highest BCUT2D eigenvalue weighted by Gasteiger charge is 2.26. The van der Waals surface area contributed by atoms with E-state index < -0.39 is 40.5 Å². The fourth-order valence-electron chi connectivity index (χ4n) is 2.25. The molecule has 0 aliphatic heterocycles. The molecular formula is C18H17FN2O7. The summed E-state index contributed by atoms with van der Waals surface area (Å²) in [6, 6.07) is 7.58. The second kappa shape index (κ2) is 9.31. The maximum Gasteiger partial charge on any atom is 0.345 e. The molecule has 0 bridgehead atoms. The summed E-state index contributed by atoms with van der Waals surface area (Å²) in [6.45, 7) is 1.15. The van der Waals surface area contributed by atoms with Crippen molar-refractivity contribution in [3.8, 4) is 11.5 Å². The number of ether oxygens (including phenoxy) is 3. The lowest BCUT2D eigenvalue weighted by atomic mass is 10.1. The Kier molecular flexibility index (Phi) is 6.85. The molecule has 0 aliphatic carbocycles. The predicted molar refractivity (Wildman–Crippen MR) is 96.1 cm³/mol. The Labute approximate surface area is 159 Å². The second-order valence-corrected chi connectivity index (χ2v) is 5.31. The molecule has 0 saturated carbocycles. The molecule has 1 N–H and O–H groups in total. The van der Waals surface area contributed by atoms with E-state index in [9.17, 15) is 24.1 Å². The monoisotopic (exact) mass is 392 g/mol. The van der Waals surface area contributed by atoms with Crippen LogP contribution in [0.5, 0.6) is 11.5 Å². The van der Waals surface area contributed by atoms with E-state index in [1.807, 2.05) is 0 Å². The fourth-order valence-corrected chi connectivity index (χ4v) is 2.25. The Morgan fingerprint density at radius 3 is 2.54 bits per heavy atom. The Balaban J connectivity index is 2.16. The van der Waals surface area contributed by atoms with Crippen molar-refractivity contribution in [2.24, 2.45) is 0 Å². The van der Waals surface area contributed by atoms with Crippen LogP contribution in [0.15, 0.2) is 36.4 Å². The van der Waals surface area contributed by atoms with Crippen molar-refractivity contribution in [2.75, 3.05) is 25.6 Å². The molecule has 28 heavy (non-hydrogen) atoms. The van der Waals surface area contributed by atoms with Gasteiger partial charge in [-0.25, -0.2) is 9.18 Å². The largest absolute Gasteiger partial charge is 0.493 e. The first-order chi connectivity index (χ1) is 13.4. The summed E-state index contributed by atoms with van der Waals surface area (Å²) in [6.07, 6.45) is 0. The highest BCUT2D eigenvalue weighted by molar-refractivity contribution is 5.98. The number of anilines is 1. The van der Waals surface area contributed by atoms with E-state index in [1.54, 1.807) is 6.92 Å². The van der Waals surface area contributed by atoms with Gasteiger partial charge in [-0.3, -0.25) is 14.9 Å². The minimum atomic E-state index is -1.11. The zero-order valence-electron chi connectivity index (χ0n) is 15.1. The van der Waals surface area contributed by atoms with Crippen LogP contribution < -0.4 is 14.8 Å². The van der Waals surface area contributed by atoms with E-state index in [2.05, 4.69) is 5.32 Å². The van der Waals surface area contributed by atoms with Crippen molar-refractivity contribution in [1.29, 1.82) is 0 Å². The molecule has 148 valence electrons. The van der Waals surface area contributed by atoms with Gasteiger partial charge in [0.2, 0.25) is 0 Å². The Hall–Kier alpha value is -3.69. The number of nitrogens with zero attached hydrogens (tertiary/aromatic N) is 1. The molecule has 0 atom stereocenters. The molecule has 10 heteroatoms. The quantitative estimate of drug-likeness (QED) is 0.417. The van der Waals surface area contributed by atoms with Crippen LogP contribution in [0.1, 0.15) is 17.3 Å². The van der Waals surface area contributed by atoms with Gasteiger partial charge in [0.05, 0.1) is 30.4 Å². The van der Waals surface area contributed by atoms with Gasteiger partial charge in [-0.2, -0.15) is 0 Å². The zero-order valence-corrected chi connectivity index (χ0v) is 15.1. The van der Waals surface area contributed by atoms with Crippen LogP contribution in [0.4, 0.5) is 15.8 Å². The van der Waals surface area contributed by atoms with Crippen LogP contribution in [0, 0.1) is 15.9 Å². The summed E-state index contributed by atoms with van der Waals surface area (Å²) in [5.41, 5.74) is -1.06. The van der Waals surface area contributed by atoms with Crippen LogP contribution in [0.3, 0.4) is 0 Å². The van der Waals surface area contributed by atoms with Gasteiger partial charge in [-0.1, -0.05) is 12.1 Å². The van der Waals surface area contributed by atoms with Gasteiger partial charge in [-0.05, 0) is 19.1 Å². The van der Waals surface area contributed by atoms with Crippen molar-refractivity contribution in [3.63, 3.8) is 0 Å². The smallest absolute Gasteiger partial charge is 0.345 e. The lowest BCUT2D eigenvalue weighted by molar-refractivity contribution is -0.385. The van der Waals surface area contributed by atoms with Crippen molar-refractivity contribution in [1.82, 2.24) is 0 Å². The summed E-state index contributed by atoms with van der Waals surface area (Å²) in [7, 11) is 1.30. The zero-order chi connectivity index (χ0) is 20.7. The Morgan fingerprint density at radius 1 is 1.21 bits per heavy atom. The number of para-hydroxylation sites is 1. The lowest BCUT2D eigenvalue weighted by Gasteiger charge is -2.12. The number of halogens is 1. The normalized spacial score (nSPS) is 10.1. The Morgan fingerprint density at radius 2 is 1.93 bits per heavy atom. The average Bonchev–Trinajstić information content (AvgIpc) is 2.67. The number of nitrogens with one attached hydrogen (secondary N) is 1. The summed E-state index contributed by atoms with van der Waals surface area (Å²) in [4.78, 5) is 34.6. The molecule has 9 nitrogen and oxygen atoms in total. The number of esters is 1. The molecule has 2 aromatic carbocycles. The van der Waals surface area contributed by atoms with Gasteiger partial charge in [0.25, 0.3) is 11.6 Å². The molecule has 2 aromatic rings. The summed E-state index contributed by atoms with van der Waals surface area (Å²) in [5, 5.41) is 13.5. The molecule has 1 amide bonds. The number of nitro groups is 1. The molecule has 2 rings (SSSR count). The third kappa shape index (κ3) is 4.93. The number of methoxy groups -OCH3 is 1. The first kappa shape index (κ1) is 20.6. The lowest BCUT2D eigenvalue weighted by Crippen LogP contribution is -2.22. The minimum absolute atomic E-state index is 0.0717. The third-order valence-electron chi connectivity index (χ3n) is 3.48. The molecule has 0 fully saturated rings. The number of carbonyl (C=O) groups is 2. The topological polar surface area (TPSA) is 117 Å². The summed E-state index contributed by atoms with van der Waals surface area (Å²) >= 11 is 0. The van der Waals surface area contributed by atoms with Crippen LogP contribution in [0.2, 0.25) is 0 Å². The number of rotatable bonds is 8. The van der Waals surface area contributed by atoms with Gasteiger partial charge in [0, 0.05) is 6.07 Å². The third-order valence-corrected chi connectivity index (χ3v) is 3.48. The van der Waals surface area contributed by atoms with E-state index in [0.717, 1.165) is 18.2 Å². The number of carbonyl (C=O) groups excluding carboxylic acids is 2. The number of hydrogen-bond acceptors (Lipinski definition) is 7. The molecule has 0 unspecified atom stereocenters. The van der Waals surface area contributed by atoms with Crippen molar-refractivity contribution >= 4 is 23.3 Å².